The highest BCUT2D eigenvalue weighted by Gasteiger charge is 2.25. The number of aromatic nitrogens is 1. The van der Waals surface area contributed by atoms with Crippen molar-refractivity contribution in [1.29, 1.82) is 0 Å². The Balaban J connectivity index is 1.38. The predicted octanol–water partition coefficient (Wildman–Crippen LogP) is 3.05. The standard InChI is InChI=1S/C19H32N4O2S/c1-14(2)18-20-16(13-26-18)11-22(3)19(24)21-15-6-8-23(9-7-15)12-17-5-4-10-25-17/h13-15,17H,4-12H2,1-3H3,(H,21,24). The van der Waals surface area contributed by atoms with Crippen molar-refractivity contribution in [2.45, 2.75) is 64.1 Å². The lowest BCUT2D eigenvalue weighted by Gasteiger charge is -2.34. The molecule has 1 unspecified atom stereocenters. The summed E-state index contributed by atoms with van der Waals surface area (Å²) in [6.07, 6.45) is 4.83. The third kappa shape index (κ3) is 5.41. The number of nitrogens with one attached hydrogen (secondary N) is 1. The maximum Gasteiger partial charge on any atom is 0.317 e. The molecule has 0 bridgehead atoms. The number of urea groups is 1. The molecule has 2 saturated heterocycles. The number of amides is 2. The van der Waals surface area contributed by atoms with Crippen LogP contribution in [-0.4, -0.2) is 66.2 Å². The first-order chi connectivity index (χ1) is 12.5. The number of nitrogens with zero attached hydrogens (tertiary/aromatic N) is 3. The zero-order valence-electron chi connectivity index (χ0n) is 16.2. The van der Waals surface area contributed by atoms with Gasteiger partial charge in [0.15, 0.2) is 0 Å². The van der Waals surface area contributed by atoms with E-state index in [1.54, 1.807) is 16.2 Å². The maximum absolute atomic E-state index is 12.5. The lowest BCUT2D eigenvalue weighted by atomic mass is 10.0. The number of rotatable bonds is 6. The van der Waals surface area contributed by atoms with E-state index < -0.39 is 0 Å². The quantitative estimate of drug-likeness (QED) is 0.824. The summed E-state index contributed by atoms with van der Waals surface area (Å²) in [6.45, 7) is 8.89. The van der Waals surface area contributed by atoms with Crippen molar-refractivity contribution in [1.82, 2.24) is 20.1 Å². The van der Waals surface area contributed by atoms with E-state index in [2.05, 4.69) is 34.4 Å². The first-order valence-electron chi connectivity index (χ1n) is 9.81. The summed E-state index contributed by atoms with van der Waals surface area (Å²) in [4.78, 5) is 21.3. The molecule has 2 aliphatic heterocycles. The number of hydrogen-bond donors (Lipinski definition) is 1. The number of piperidine rings is 1. The number of likely N-dealkylation sites (tertiary alicyclic amines) is 1. The van der Waals surface area contributed by atoms with E-state index in [4.69, 9.17) is 4.74 Å². The molecule has 3 rings (SSSR count). The van der Waals surface area contributed by atoms with Gasteiger partial charge in [-0.25, -0.2) is 9.78 Å². The second kappa shape index (κ2) is 9.15. The van der Waals surface area contributed by atoms with Crippen LogP contribution in [0, 0.1) is 0 Å². The molecule has 0 radical (unpaired) electrons. The Morgan fingerprint density at radius 2 is 2.19 bits per heavy atom. The van der Waals surface area contributed by atoms with E-state index in [9.17, 15) is 4.79 Å². The molecule has 0 aliphatic carbocycles. The van der Waals surface area contributed by atoms with Crippen LogP contribution >= 0.6 is 11.3 Å². The minimum Gasteiger partial charge on any atom is -0.377 e. The molecule has 0 spiro atoms. The molecule has 1 atom stereocenters. The van der Waals surface area contributed by atoms with Gasteiger partial charge in [-0.3, -0.25) is 0 Å². The first-order valence-corrected chi connectivity index (χ1v) is 10.7. The van der Waals surface area contributed by atoms with E-state index >= 15 is 0 Å². The fraction of sp³-hybridized carbons (Fsp3) is 0.789. The van der Waals surface area contributed by atoms with Crippen molar-refractivity contribution >= 4 is 17.4 Å². The van der Waals surface area contributed by atoms with Gasteiger partial charge in [-0.1, -0.05) is 13.8 Å². The Labute approximate surface area is 160 Å². The van der Waals surface area contributed by atoms with E-state index in [0.29, 0.717) is 18.6 Å². The monoisotopic (exact) mass is 380 g/mol. The highest BCUT2D eigenvalue weighted by atomic mass is 32.1. The molecule has 2 amide bonds. The van der Waals surface area contributed by atoms with Gasteiger partial charge in [-0.2, -0.15) is 0 Å². The number of carbonyl (C=O) groups is 1. The number of ether oxygens (including phenoxy) is 1. The van der Waals surface area contributed by atoms with E-state index in [0.717, 1.165) is 49.8 Å². The minimum atomic E-state index is 0.00155. The average molecular weight is 381 g/mol. The van der Waals surface area contributed by atoms with Crippen LogP contribution in [0.1, 0.15) is 56.2 Å². The molecule has 0 saturated carbocycles. The van der Waals surface area contributed by atoms with Crippen LogP contribution in [0.2, 0.25) is 0 Å². The lowest BCUT2D eigenvalue weighted by Crippen LogP contribution is -2.49. The summed E-state index contributed by atoms with van der Waals surface area (Å²) in [5.74, 6) is 0.438. The summed E-state index contributed by atoms with van der Waals surface area (Å²) in [5, 5.41) is 6.38. The number of carbonyl (C=O) groups excluding carboxylic acids is 1. The van der Waals surface area contributed by atoms with Crippen molar-refractivity contribution in [2.75, 3.05) is 33.3 Å². The van der Waals surface area contributed by atoms with Crippen molar-refractivity contribution in [2.24, 2.45) is 0 Å². The average Bonchev–Trinajstić information content (AvgIpc) is 3.28. The van der Waals surface area contributed by atoms with Crippen molar-refractivity contribution in [3.05, 3.63) is 16.1 Å². The maximum atomic E-state index is 12.5. The zero-order chi connectivity index (χ0) is 18.5. The van der Waals surface area contributed by atoms with Gasteiger partial charge in [0.25, 0.3) is 0 Å². The third-order valence-electron chi connectivity index (χ3n) is 5.21. The first kappa shape index (κ1) is 19.6. The second-order valence-corrected chi connectivity index (χ2v) is 8.74. The molecule has 26 heavy (non-hydrogen) atoms. The van der Waals surface area contributed by atoms with Crippen LogP contribution in [-0.2, 0) is 11.3 Å². The van der Waals surface area contributed by atoms with Gasteiger partial charge >= 0.3 is 6.03 Å². The summed E-state index contributed by atoms with van der Waals surface area (Å²) < 4.78 is 5.73. The highest BCUT2D eigenvalue weighted by Crippen LogP contribution is 2.20. The smallest absolute Gasteiger partial charge is 0.317 e. The fourth-order valence-corrected chi connectivity index (χ4v) is 4.42. The van der Waals surface area contributed by atoms with Crippen molar-refractivity contribution < 1.29 is 9.53 Å². The van der Waals surface area contributed by atoms with Crippen molar-refractivity contribution in [3.63, 3.8) is 0 Å². The molecule has 1 aromatic rings. The van der Waals surface area contributed by atoms with Crippen LogP contribution in [0.15, 0.2) is 5.38 Å². The number of hydrogen-bond acceptors (Lipinski definition) is 5. The Bertz CT molecular complexity index is 578. The predicted molar refractivity (Wildman–Crippen MR) is 105 cm³/mol. The van der Waals surface area contributed by atoms with Crippen LogP contribution in [0.25, 0.3) is 0 Å². The molecular weight excluding hydrogens is 348 g/mol. The third-order valence-corrected chi connectivity index (χ3v) is 6.40. The molecule has 7 heteroatoms. The molecule has 6 nitrogen and oxygen atoms in total. The fourth-order valence-electron chi connectivity index (χ4n) is 3.60. The van der Waals surface area contributed by atoms with Gasteiger partial charge in [0.1, 0.15) is 0 Å². The zero-order valence-corrected chi connectivity index (χ0v) is 17.1. The molecule has 1 aromatic heterocycles. The summed E-state index contributed by atoms with van der Waals surface area (Å²) >= 11 is 1.67. The summed E-state index contributed by atoms with van der Waals surface area (Å²) in [6, 6.07) is 0.272. The topological polar surface area (TPSA) is 57.7 Å². The largest absolute Gasteiger partial charge is 0.377 e. The van der Waals surface area contributed by atoms with Crippen LogP contribution in [0.4, 0.5) is 4.79 Å². The van der Waals surface area contributed by atoms with Gasteiger partial charge < -0.3 is 19.9 Å². The molecular formula is C19H32N4O2S. The van der Waals surface area contributed by atoms with Gasteiger partial charge in [0.05, 0.1) is 23.4 Å². The highest BCUT2D eigenvalue weighted by molar-refractivity contribution is 7.09. The Morgan fingerprint density at radius 3 is 2.81 bits per heavy atom. The molecule has 0 aromatic carbocycles. The molecule has 3 heterocycles. The summed E-state index contributed by atoms with van der Waals surface area (Å²) in [5.41, 5.74) is 0.975. The second-order valence-electron chi connectivity index (χ2n) is 7.85. The van der Waals surface area contributed by atoms with Gasteiger partial charge in [-0.05, 0) is 25.7 Å². The molecule has 1 N–H and O–H groups in total. The van der Waals surface area contributed by atoms with Crippen LogP contribution < -0.4 is 5.32 Å². The molecule has 146 valence electrons. The minimum absolute atomic E-state index is 0.00155. The van der Waals surface area contributed by atoms with Gasteiger partial charge in [-0.15, -0.1) is 11.3 Å². The Hall–Kier alpha value is -1.18. The van der Waals surface area contributed by atoms with Crippen molar-refractivity contribution in [3.8, 4) is 0 Å². The number of thiazole rings is 1. The van der Waals surface area contributed by atoms with E-state index in [1.165, 1.54) is 12.8 Å². The Kier molecular flexibility index (Phi) is 6.89. The van der Waals surface area contributed by atoms with Crippen LogP contribution in [0.3, 0.4) is 0 Å². The lowest BCUT2D eigenvalue weighted by molar-refractivity contribution is 0.0629. The van der Waals surface area contributed by atoms with Gasteiger partial charge in [0.2, 0.25) is 0 Å². The van der Waals surface area contributed by atoms with Crippen LogP contribution in [0.5, 0.6) is 0 Å². The SMILES string of the molecule is CC(C)c1nc(CN(C)C(=O)NC2CCN(CC3CCCO3)CC2)cs1. The molecule has 2 aliphatic rings. The van der Waals surface area contributed by atoms with E-state index in [-0.39, 0.29) is 12.1 Å². The summed E-state index contributed by atoms with van der Waals surface area (Å²) in [7, 11) is 1.84. The van der Waals surface area contributed by atoms with E-state index in [1.807, 2.05) is 7.05 Å². The van der Waals surface area contributed by atoms with Gasteiger partial charge in [0, 0.05) is 50.6 Å². The normalized spacial score (nSPS) is 22.1. The Morgan fingerprint density at radius 1 is 1.42 bits per heavy atom. The molecule has 2 fully saturated rings.